The van der Waals surface area contributed by atoms with Crippen LogP contribution >= 0.6 is 0 Å². The summed E-state index contributed by atoms with van der Waals surface area (Å²) in [5.74, 6) is 0.403. The molecule has 0 aliphatic carbocycles. The van der Waals surface area contributed by atoms with Gasteiger partial charge in [-0.3, -0.25) is 4.79 Å². The summed E-state index contributed by atoms with van der Waals surface area (Å²) in [7, 11) is 0. The maximum absolute atomic E-state index is 12.5. The molecule has 3 nitrogen and oxygen atoms in total. The van der Waals surface area contributed by atoms with Crippen LogP contribution in [-0.2, 0) is 16.0 Å². The largest absolute Gasteiger partial charge is 0.354 e. The molecule has 1 heterocycles. The number of carbonyl (C=O) groups is 1. The molecule has 21 heavy (non-hydrogen) atoms. The molecule has 1 aromatic rings. The molecule has 0 N–H and O–H groups in total. The monoisotopic (exact) mass is 287 g/mol. The quantitative estimate of drug-likeness (QED) is 0.794. The van der Waals surface area contributed by atoms with Crippen LogP contribution in [0.15, 0.2) is 42.5 Å². The highest BCUT2D eigenvalue weighted by atomic mass is 16.5. The van der Waals surface area contributed by atoms with Crippen molar-refractivity contribution in [2.45, 2.75) is 45.9 Å². The SMILES string of the molecule is CC(C)/C=C/C(=O)N1[C@@H](Cc2ccccc2)COC1(C)C. The van der Waals surface area contributed by atoms with E-state index in [1.54, 1.807) is 6.08 Å². The van der Waals surface area contributed by atoms with Crippen molar-refractivity contribution in [2.24, 2.45) is 5.92 Å². The number of amides is 1. The number of rotatable bonds is 4. The summed E-state index contributed by atoms with van der Waals surface area (Å²) < 4.78 is 5.84. The zero-order valence-electron chi connectivity index (χ0n) is 13.4. The Morgan fingerprint density at radius 1 is 1.38 bits per heavy atom. The molecular weight excluding hydrogens is 262 g/mol. The molecule has 3 heteroatoms. The average Bonchev–Trinajstić information content (AvgIpc) is 2.72. The number of allylic oxidation sites excluding steroid dienone is 1. The normalized spacial score (nSPS) is 21.4. The highest BCUT2D eigenvalue weighted by Crippen LogP contribution is 2.29. The Morgan fingerprint density at radius 2 is 2.05 bits per heavy atom. The molecule has 0 bridgehead atoms. The molecular formula is C18H25NO2. The van der Waals surface area contributed by atoms with Crippen molar-refractivity contribution in [2.75, 3.05) is 6.61 Å². The molecule has 2 rings (SSSR count). The molecule has 1 aliphatic rings. The summed E-state index contributed by atoms with van der Waals surface area (Å²) in [5.41, 5.74) is 0.687. The van der Waals surface area contributed by atoms with Crippen LogP contribution in [0, 0.1) is 5.92 Å². The molecule has 1 saturated heterocycles. The van der Waals surface area contributed by atoms with Gasteiger partial charge in [0.1, 0.15) is 5.72 Å². The lowest BCUT2D eigenvalue weighted by atomic mass is 10.0. The van der Waals surface area contributed by atoms with Crippen molar-refractivity contribution in [3.05, 3.63) is 48.0 Å². The highest BCUT2D eigenvalue weighted by molar-refractivity contribution is 5.88. The molecule has 1 aromatic carbocycles. The maximum atomic E-state index is 12.5. The predicted octanol–water partition coefficient (Wildman–Crippen LogP) is 3.40. The predicted molar refractivity (Wildman–Crippen MR) is 84.8 cm³/mol. The summed E-state index contributed by atoms with van der Waals surface area (Å²) >= 11 is 0. The van der Waals surface area contributed by atoms with Crippen LogP contribution in [0.4, 0.5) is 0 Å². The zero-order chi connectivity index (χ0) is 15.5. The fourth-order valence-electron chi connectivity index (χ4n) is 2.72. The maximum Gasteiger partial charge on any atom is 0.248 e. The Kier molecular flexibility index (Phi) is 4.84. The minimum absolute atomic E-state index is 0.0344. The van der Waals surface area contributed by atoms with E-state index in [4.69, 9.17) is 4.74 Å². The van der Waals surface area contributed by atoms with Gasteiger partial charge in [-0.15, -0.1) is 0 Å². The molecule has 114 valence electrons. The third kappa shape index (κ3) is 3.94. The van der Waals surface area contributed by atoms with E-state index in [-0.39, 0.29) is 11.9 Å². The molecule has 0 spiro atoms. The van der Waals surface area contributed by atoms with Crippen LogP contribution in [0.25, 0.3) is 0 Å². The standard InChI is InChI=1S/C18H25NO2/c1-14(2)10-11-17(20)19-16(13-21-18(19,3)4)12-15-8-6-5-7-9-15/h5-11,14,16H,12-13H2,1-4H3/b11-10+/t16-/m0/s1. The van der Waals surface area contributed by atoms with Gasteiger partial charge in [0.25, 0.3) is 0 Å². The van der Waals surface area contributed by atoms with Crippen LogP contribution < -0.4 is 0 Å². The summed E-state index contributed by atoms with van der Waals surface area (Å²) in [4.78, 5) is 14.4. The van der Waals surface area contributed by atoms with Crippen molar-refractivity contribution in [1.29, 1.82) is 0 Å². The Bertz CT molecular complexity index is 505. The smallest absolute Gasteiger partial charge is 0.248 e. The van der Waals surface area contributed by atoms with Crippen LogP contribution in [0.2, 0.25) is 0 Å². The van der Waals surface area contributed by atoms with Crippen molar-refractivity contribution in [3.63, 3.8) is 0 Å². The van der Waals surface area contributed by atoms with Gasteiger partial charge in [0, 0.05) is 0 Å². The first-order valence-corrected chi connectivity index (χ1v) is 7.59. The lowest BCUT2D eigenvalue weighted by molar-refractivity contribution is -0.140. The van der Waals surface area contributed by atoms with Gasteiger partial charge in [0.2, 0.25) is 5.91 Å². The lowest BCUT2D eigenvalue weighted by Gasteiger charge is -2.33. The van der Waals surface area contributed by atoms with Gasteiger partial charge in [-0.25, -0.2) is 0 Å². The van der Waals surface area contributed by atoms with Crippen molar-refractivity contribution >= 4 is 5.91 Å². The highest BCUT2D eigenvalue weighted by Gasteiger charge is 2.42. The van der Waals surface area contributed by atoms with E-state index in [1.165, 1.54) is 5.56 Å². The van der Waals surface area contributed by atoms with Crippen LogP contribution in [0.3, 0.4) is 0 Å². The summed E-state index contributed by atoms with van der Waals surface area (Å²) in [6.07, 6.45) is 4.45. The molecule has 0 unspecified atom stereocenters. The lowest BCUT2D eigenvalue weighted by Crippen LogP contribution is -2.47. The zero-order valence-corrected chi connectivity index (χ0v) is 13.4. The van der Waals surface area contributed by atoms with Gasteiger partial charge in [-0.05, 0) is 37.8 Å². The fourth-order valence-corrected chi connectivity index (χ4v) is 2.72. The first kappa shape index (κ1) is 15.8. The van der Waals surface area contributed by atoms with Gasteiger partial charge in [0.05, 0.1) is 12.6 Å². The first-order chi connectivity index (χ1) is 9.90. The van der Waals surface area contributed by atoms with Gasteiger partial charge in [-0.1, -0.05) is 50.3 Å². The Labute approximate surface area is 127 Å². The number of benzene rings is 1. The third-order valence-corrected chi connectivity index (χ3v) is 3.75. The molecule has 0 saturated carbocycles. The van der Waals surface area contributed by atoms with Gasteiger partial charge in [-0.2, -0.15) is 0 Å². The summed E-state index contributed by atoms with van der Waals surface area (Å²) in [5, 5.41) is 0. The Balaban J connectivity index is 2.15. The number of hydrogen-bond donors (Lipinski definition) is 0. The van der Waals surface area contributed by atoms with Crippen molar-refractivity contribution in [1.82, 2.24) is 4.90 Å². The number of nitrogens with zero attached hydrogens (tertiary/aromatic N) is 1. The van der Waals surface area contributed by atoms with Crippen molar-refractivity contribution in [3.8, 4) is 0 Å². The van der Waals surface area contributed by atoms with E-state index in [1.807, 2.05) is 43.0 Å². The van der Waals surface area contributed by atoms with Crippen LogP contribution in [0.5, 0.6) is 0 Å². The second-order valence-electron chi connectivity index (χ2n) is 6.41. The van der Waals surface area contributed by atoms with E-state index in [0.717, 1.165) is 6.42 Å². The Morgan fingerprint density at radius 3 is 2.67 bits per heavy atom. The minimum Gasteiger partial charge on any atom is -0.354 e. The summed E-state index contributed by atoms with van der Waals surface area (Å²) in [6, 6.07) is 10.3. The molecule has 1 atom stereocenters. The van der Waals surface area contributed by atoms with E-state index in [0.29, 0.717) is 12.5 Å². The molecule has 1 aliphatic heterocycles. The topological polar surface area (TPSA) is 29.5 Å². The third-order valence-electron chi connectivity index (χ3n) is 3.75. The molecule has 0 radical (unpaired) electrons. The van der Waals surface area contributed by atoms with Crippen LogP contribution in [-0.4, -0.2) is 29.2 Å². The average molecular weight is 287 g/mol. The van der Waals surface area contributed by atoms with Crippen LogP contribution in [0.1, 0.15) is 33.3 Å². The van der Waals surface area contributed by atoms with Gasteiger partial charge in [0.15, 0.2) is 0 Å². The number of carbonyl (C=O) groups excluding carboxylic acids is 1. The van der Waals surface area contributed by atoms with E-state index in [2.05, 4.69) is 26.0 Å². The fraction of sp³-hybridized carbons (Fsp3) is 0.500. The molecule has 0 aromatic heterocycles. The van der Waals surface area contributed by atoms with Crippen molar-refractivity contribution < 1.29 is 9.53 Å². The molecule has 1 amide bonds. The first-order valence-electron chi connectivity index (χ1n) is 7.59. The molecule has 1 fully saturated rings. The number of hydrogen-bond acceptors (Lipinski definition) is 2. The van der Waals surface area contributed by atoms with Gasteiger partial charge >= 0.3 is 0 Å². The Hall–Kier alpha value is -1.61. The van der Waals surface area contributed by atoms with Gasteiger partial charge < -0.3 is 9.64 Å². The summed E-state index contributed by atoms with van der Waals surface area (Å²) in [6.45, 7) is 8.63. The number of ether oxygens (including phenoxy) is 1. The second kappa shape index (κ2) is 6.44. The van der Waals surface area contributed by atoms with E-state index >= 15 is 0 Å². The second-order valence-corrected chi connectivity index (χ2v) is 6.41. The van der Waals surface area contributed by atoms with E-state index in [9.17, 15) is 4.79 Å². The minimum atomic E-state index is -0.544. The van der Waals surface area contributed by atoms with E-state index < -0.39 is 5.72 Å².